The number of aryl methyl sites for hydroxylation is 1. The van der Waals surface area contributed by atoms with Crippen LogP contribution in [0.3, 0.4) is 0 Å². The molecule has 3 aromatic carbocycles. The summed E-state index contributed by atoms with van der Waals surface area (Å²) in [5.41, 5.74) is 0.822. The quantitative estimate of drug-likeness (QED) is 0.471. The van der Waals surface area contributed by atoms with Gasteiger partial charge in [-0.3, -0.25) is 4.79 Å². The zero-order valence-electron chi connectivity index (χ0n) is 17.0. The Bertz CT molecular complexity index is 1130. The molecule has 0 unspecified atom stereocenters. The van der Waals surface area contributed by atoms with Gasteiger partial charge in [0.15, 0.2) is 0 Å². The minimum atomic E-state index is -4.79. The van der Waals surface area contributed by atoms with Crippen LogP contribution in [0.1, 0.15) is 40.7 Å². The summed E-state index contributed by atoms with van der Waals surface area (Å²) in [5.74, 6) is -1.35. The van der Waals surface area contributed by atoms with Crippen LogP contribution in [-0.2, 0) is 6.18 Å². The van der Waals surface area contributed by atoms with Gasteiger partial charge in [-0.05, 0) is 67.5 Å². The van der Waals surface area contributed by atoms with E-state index in [-0.39, 0.29) is 11.6 Å². The lowest BCUT2D eigenvalue weighted by Crippen LogP contribution is -2.35. The Morgan fingerprint density at radius 2 is 1.74 bits per heavy atom. The second-order valence-electron chi connectivity index (χ2n) is 7.83. The van der Waals surface area contributed by atoms with Crippen LogP contribution < -0.4 is 5.32 Å². The van der Waals surface area contributed by atoms with Crippen molar-refractivity contribution in [3.63, 3.8) is 0 Å². The normalized spacial score (nSPS) is 14.7. The van der Waals surface area contributed by atoms with Crippen molar-refractivity contribution in [2.24, 2.45) is 0 Å². The lowest BCUT2D eigenvalue weighted by atomic mass is 9.97. The summed E-state index contributed by atoms with van der Waals surface area (Å²) in [7, 11) is 0. The number of nitrogens with zero attached hydrogens (tertiary/aromatic N) is 1. The van der Waals surface area contributed by atoms with Gasteiger partial charge in [0.05, 0.1) is 5.56 Å². The van der Waals surface area contributed by atoms with E-state index in [1.165, 1.54) is 6.07 Å². The van der Waals surface area contributed by atoms with Gasteiger partial charge in [-0.1, -0.05) is 18.2 Å². The summed E-state index contributed by atoms with van der Waals surface area (Å²) in [6, 6.07) is 11.8. The number of carbonyl (C=O) groups excluding carboxylic acids is 1. The number of piperidine rings is 1. The maximum atomic E-state index is 13.6. The number of fused-ring (bicyclic) bond motifs is 1. The largest absolute Gasteiger partial charge is 0.419 e. The number of hydrogen-bond donors (Lipinski definition) is 1. The van der Waals surface area contributed by atoms with Crippen molar-refractivity contribution in [1.29, 1.82) is 0 Å². The summed E-state index contributed by atoms with van der Waals surface area (Å²) < 4.78 is 52.9. The second kappa shape index (κ2) is 8.21. The molecule has 1 heterocycles. The molecule has 1 saturated heterocycles. The molecule has 0 saturated carbocycles. The predicted molar refractivity (Wildman–Crippen MR) is 113 cm³/mol. The Morgan fingerprint density at radius 3 is 2.45 bits per heavy atom. The molecule has 31 heavy (non-hydrogen) atoms. The van der Waals surface area contributed by atoms with E-state index in [1.807, 2.05) is 30.0 Å². The van der Waals surface area contributed by atoms with E-state index in [9.17, 15) is 22.4 Å². The number of alkyl halides is 3. The van der Waals surface area contributed by atoms with Crippen molar-refractivity contribution in [1.82, 2.24) is 4.90 Å². The minimum absolute atomic E-state index is 0.0355. The van der Waals surface area contributed by atoms with Crippen LogP contribution in [0, 0.1) is 12.7 Å². The fraction of sp³-hybridized carbons (Fsp3) is 0.292. The number of rotatable bonds is 3. The standard InChI is InChI=1S/C24H22F4N2O/c1-15-6-5-7-17-21(29-16-8-10-20(25)19(14-16)24(26,27)28)11-9-18(22(15)17)23(31)30-12-3-2-4-13-30/h5-11,14,29H,2-4,12-13H2,1H3. The van der Waals surface area contributed by atoms with Crippen LogP contribution in [0.2, 0.25) is 0 Å². The monoisotopic (exact) mass is 430 g/mol. The first-order valence-electron chi connectivity index (χ1n) is 10.2. The van der Waals surface area contributed by atoms with E-state index in [0.29, 0.717) is 11.3 Å². The number of nitrogens with one attached hydrogen (secondary N) is 1. The van der Waals surface area contributed by atoms with E-state index >= 15 is 0 Å². The number of benzene rings is 3. The lowest BCUT2D eigenvalue weighted by molar-refractivity contribution is -0.139. The summed E-state index contributed by atoms with van der Waals surface area (Å²) in [5, 5.41) is 4.46. The molecule has 1 amide bonds. The average molecular weight is 430 g/mol. The Hall–Kier alpha value is -3.09. The maximum Gasteiger partial charge on any atom is 0.419 e. The van der Waals surface area contributed by atoms with E-state index in [2.05, 4.69) is 5.32 Å². The molecule has 0 radical (unpaired) electrons. The molecule has 3 nitrogen and oxygen atoms in total. The molecule has 1 N–H and O–H groups in total. The molecule has 0 aliphatic carbocycles. The van der Waals surface area contributed by atoms with Crippen molar-refractivity contribution in [2.45, 2.75) is 32.4 Å². The molecular formula is C24H22F4N2O. The molecule has 0 bridgehead atoms. The fourth-order valence-electron chi connectivity index (χ4n) is 4.12. The number of halogens is 4. The highest BCUT2D eigenvalue weighted by atomic mass is 19.4. The molecule has 0 aromatic heterocycles. The van der Waals surface area contributed by atoms with Crippen molar-refractivity contribution in [3.05, 3.63) is 71.0 Å². The van der Waals surface area contributed by atoms with E-state index < -0.39 is 17.6 Å². The summed E-state index contributed by atoms with van der Waals surface area (Å²) in [4.78, 5) is 15.0. The highest BCUT2D eigenvalue weighted by Gasteiger charge is 2.34. The van der Waals surface area contributed by atoms with Crippen LogP contribution in [-0.4, -0.2) is 23.9 Å². The van der Waals surface area contributed by atoms with E-state index in [4.69, 9.17) is 0 Å². The first-order valence-corrected chi connectivity index (χ1v) is 10.2. The number of hydrogen-bond acceptors (Lipinski definition) is 2. The van der Waals surface area contributed by atoms with Crippen molar-refractivity contribution in [3.8, 4) is 0 Å². The Morgan fingerprint density at radius 1 is 1.00 bits per heavy atom. The third kappa shape index (κ3) is 4.22. The zero-order chi connectivity index (χ0) is 22.2. The summed E-state index contributed by atoms with van der Waals surface area (Å²) in [6.45, 7) is 3.35. The van der Waals surface area contributed by atoms with Gasteiger partial charge in [0.2, 0.25) is 0 Å². The first kappa shape index (κ1) is 21.2. The highest BCUT2D eigenvalue weighted by molar-refractivity contribution is 6.11. The van der Waals surface area contributed by atoms with Crippen LogP contribution in [0.5, 0.6) is 0 Å². The summed E-state index contributed by atoms with van der Waals surface area (Å²) in [6.07, 6.45) is -1.71. The van der Waals surface area contributed by atoms with Crippen LogP contribution in [0.4, 0.5) is 28.9 Å². The maximum absolute atomic E-state index is 13.6. The van der Waals surface area contributed by atoms with E-state index in [1.54, 1.807) is 12.1 Å². The molecule has 7 heteroatoms. The second-order valence-corrected chi connectivity index (χ2v) is 7.83. The molecule has 0 spiro atoms. The molecule has 0 atom stereocenters. The molecule has 1 aliphatic rings. The van der Waals surface area contributed by atoms with Gasteiger partial charge in [0, 0.05) is 35.4 Å². The lowest BCUT2D eigenvalue weighted by Gasteiger charge is -2.27. The van der Waals surface area contributed by atoms with Crippen LogP contribution >= 0.6 is 0 Å². The Labute approximate surface area is 177 Å². The average Bonchev–Trinajstić information content (AvgIpc) is 2.75. The van der Waals surface area contributed by atoms with Crippen molar-refractivity contribution in [2.75, 3.05) is 18.4 Å². The van der Waals surface area contributed by atoms with Gasteiger partial charge in [-0.2, -0.15) is 13.2 Å². The Kier molecular flexibility index (Phi) is 5.60. The molecular weight excluding hydrogens is 408 g/mol. The highest BCUT2D eigenvalue weighted by Crippen LogP contribution is 2.36. The third-order valence-electron chi connectivity index (χ3n) is 5.67. The van der Waals surface area contributed by atoms with Crippen molar-refractivity contribution >= 4 is 28.1 Å². The number of likely N-dealkylation sites (tertiary alicyclic amines) is 1. The van der Waals surface area contributed by atoms with Crippen molar-refractivity contribution < 1.29 is 22.4 Å². The van der Waals surface area contributed by atoms with Crippen LogP contribution in [0.15, 0.2) is 48.5 Å². The van der Waals surface area contributed by atoms with Gasteiger partial charge in [0.25, 0.3) is 5.91 Å². The molecule has 162 valence electrons. The predicted octanol–water partition coefficient (Wildman–Crippen LogP) is 6.68. The van der Waals surface area contributed by atoms with Gasteiger partial charge >= 0.3 is 6.18 Å². The van der Waals surface area contributed by atoms with E-state index in [0.717, 1.165) is 60.8 Å². The number of anilines is 2. The SMILES string of the molecule is Cc1cccc2c(Nc3ccc(F)c(C(F)(F)F)c3)ccc(C(=O)N3CCCCC3)c12. The number of amides is 1. The zero-order valence-corrected chi connectivity index (χ0v) is 17.0. The van der Waals surface area contributed by atoms with Crippen LogP contribution in [0.25, 0.3) is 10.8 Å². The third-order valence-corrected chi connectivity index (χ3v) is 5.67. The fourth-order valence-corrected chi connectivity index (χ4v) is 4.12. The number of carbonyl (C=O) groups is 1. The van der Waals surface area contributed by atoms with Gasteiger partial charge in [-0.15, -0.1) is 0 Å². The molecule has 1 aliphatic heterocycles. The van der Waals surface area contributed by atoms with Gasteiger partial charge < -0.3 is 10.2 Å². The molecule has 1 fully saturated rings. The van der Waals surface area contributed by atoms with Gasteiger partial charge in [0.1, 0.15) is 5.82 Å². The minimum Gasteiger partial charge on any atom is -0.355 e. The topological polar surface area (TPSA) is 32.3 Å². The summed E-state index contributed by atoms with van der Waals surface area (Å²) >= 11 is 0. The first-order chi connectivity index (χ1) is 14.8. The molecule has 3 aromatic rings. The molecule has 4 rings (SSSR count). The van der Waals surface area contributed by atoms with Gasteiger partial charge in [-0.25, -0.2) is 4.39 Å². The Balaban J connectivity index is 1.76. The smallest absolute Gasteiger partial charge is 0.355 e.